The number of halogens is 1. The summed E-state index contributed by atoms with van der Waals surface area (Å²) in [7, 11) is 0. The van der Waals surface area contributed by atoms with Crippen LogP contribution in [0.2, 0.25) is 5.15 Å². The number of nitrogens with one attached hydrogen (secondary N) is 1. The molecule has 6 heteroatoms. The van der Waals surface area contributed by atoms with E-state index in [1.54, 1.807) is 6.07 Å². The first-order valence-corrected chi connectivity index (χ1v) is 8.15. The Morgan fingerprint density at radius 1 is 1.47 bits per heavy atom. The molecular formula is C13H20ClN3OS. The summed E-state index contributed by atoms with van der Waals surface area (Å²) in [5.41, 5.74) is -0.264. The quantitative estimate of drug-likeness (QED) is 0.508. The lowest BCUT2D eigenvalue weighted by molar-refractivity contribution is 0.155. The average molecular weight is 302 g/mol. The summed E-state index contributed by atoms with van der Waals surface area (Å²) in [6.45, 7) is 2.38. The summed E-state index contributed by atoms with van der Waals surface area (Å²) in [5, 5.41) is 14.2. The summed E-state index contributed by atoms with van der Waals surface area (Å²) in [4.78, 5) is 8.52. The number of hydrogen-bond donors (Lipinski definition) is 2. The molecule has 0 spiro atoms. The van der Waals surface area contributed by atoms with Crippen LogP contribution in [0.1, 0.15) is 32.6 Å². The summed E-state index contributed by atoms with van der Waals surface area (Å²) >= 11 is 7.45. The van der Waals surface area contributed by atoms with E-state index in [2.05, 4.69) is 22.2 Å². The summed E-state index contributed by atoms with van der Waals surface area (Å²) in [6.07, 6.45) is 6.09. The largest absolute Gasteiger partial charge is 0.394 e. The molecule has 19 heavy (non-hydrogen) atoms. The van der Waals surface area contributed by atoms with Gasteiger partial charge < -0.3 is 10.4 Å². The third-order valence-corrected chi connectivity index (χ3v) is 4.53. The second-order valence-corrected chi connectivity index (χ2v) is 6.47. The highest BCUT2D eigenvalue weighted by Gasteiger charge is 2.34. The van der Waals surface area contributed by atoms with Crippen LogP contribution in [0.25, 0.3) is 0 Å². The van der Waals surface area contributed by atoms with Gasteiger partial charge in [0.15, 0.2) is 5.16 Å². The fourth-order valence-corrected chi connectivity index (χ4v) is 3.07. The highest BCUT2D eigenvalue weighted by molar-refractivity contribution is 7.98. The summed E-state index contributed by atoms with van der Waals surface area (Å²) in [6, 6.07) is 1.72. The van der Waals surface area contributed by atoms with Crippen LogP contribution in [0, 0.1) is 5.92 Å². The van der Waals surface area contributed by atoms with Crippen molar-refractivity contribution >= 4 is 29.2 Å². The molecule has 0 atom stereocenters. The van der Waals surface area contributed by atoms with Gasteiger partial charge in [-0.05, 0) is 37.9 Å². The van der Waals surface area contributed by atoms with Crippen molar-refractivity contribution < 1.29 is 5.11 Å². The number of thioether (sulfide) groups is 1. The lowest BCUT2D eigenvalue weighted by atomic mass is 9.77. The van der Waals surface area contributed by atoms with Gasteiger partial charge in [-0.15, -0.1) is 0 Å². The van der Waals surface area contributed by atoms with E-state index >= 15 is 0 Å². The van der Waals surface area contributed by atoms with Crippen molar-refractivity contribution in [3.8, 4) is 0 Å². The van der Waals surface area contributed by atoms with Crippen LogP contribution in [0.3, 0.4) is 0 Å². The summed E-state index contributed by atoms with van der Waals surface area (Å²) in [5.74, 6) is 1.44. The molecule has 1 saturated carbocycles. The number of aliphatic hydroxyl groups is 1. The van der Waals surface area contributed by atoms with Crippen molar-refractivity contribution in [3.63, 3.8) is 0 Å². The minimum Gasteiger partial charge on any atom is -0.394 e. The minimum atomic E-state index is -0.264. The van der Waals surface area contributed by atoms with Gasteiger partial charge in [0.05, 0.1) is 12.1 Å². The normalized spacial score (nSPS) is 27.3. The number of nitrogens with zero attached hydrogens (tertiary/aromatic N) is 2. The molecule has 1 fully saturated rings. The van der Waals surface area contributed by atoms with Crippen molar-refractivity contribution in [2.45, 2.75) is 43.3 Å². The van der Waals surface area contributed by atoms with Crippen molar-refractivity contribution in [1.82, 2.24) is 9.97 Å². The highest BCUT2D eigenvalue weighted by atomic mass is 35.5. The Bertz CT molecular complexity index is 436. The molecular weight excluding hydrogens is 282 g/mol. The van der Waals surface area contributed by atoms with E-state index in [0.29, 0.717) is 16.1 Å². The Labute approximate surface area is 123 Å². The molecule has 0 saturated heterocycles. The van der Waals surface area contributed by atoms with Crippen LogP contribution in [0.4, 0.5) is 5.82 Å². The van der Waals surface area contributed by atoms with Crippen molar-refractivity contribution in [3.05, 3.63) is 11.2 Å². The molecule has 0 aliphatic heterocycles. The predicted octanol–water partition coefficient (Wildman–Crippen LogP) is 3.21. The van der Waals surface area contributed by atoms with Crippen LogP contribution < -0.4 is 5.32 Å². The zero-order valence-electron chi connectivity index (χ0n) is 11.3. The zero-order chi connectivity index (χ0) is 13.9. The minimum absolute atomic E-state index is 0.121. The van der Waals surface area contributed by atoms with Gasteiger partial charge in [-0.1, -0.05) is 30.3 Å². The van der Waals surface area contributed by atoms with Gasteiger partial charge in [-0.2, -0.15) is 0 Å². The Kier molecular flexibility index (Phi) is 4.92. The highest BCUT2D eigenvalue weighted by Crippen LogP contribution is 2.34. The molecule has 4 nitrogen and oxygen atoms in total. The van der Waals surface area contributed by atoms with Crippen molar-refractivity contribution in [2.75, 3.05) is 18.2 Å². The number of aromatic nitrogens is 2. The van der Waals surface area contributed by atoms with E-state index in [1.165, 1.54) is 11.8 Å². The molecule has 1 aliphatic carbocycles. The molecule has 0 amide bonds. The Hall–Kier alpha value is -0.520. The predicted molar refractivity (Wildman–Crippen MR) is 79.9 cm³/mol. The fraction of sp³-hybridized carbons (Fsp3) is 0.692. The van der Waals surface area contributed by atoms with E-state index in [0.717, 1.165) is 31.6 Å². The SMILES string of the molecule is CSc1nc(Cl)cc(NC2(CO)CCC(C)CC2)n1. The number of aliphatic hydroxyl groups excluding tert-OH is 1. The number of anilines is 1. The maximum Gasteiger partial charge on any atom is 0.190 e. The maximum atomic E-state index is 9.74. The molecule has 1 heterocycles. The summed E-state index contributed by atoms with van der Waals surface area (Å²) < 4.78 is 0. The molecule has 0 unspecified atom stereocenters. The number of hydrogen-bond acceptors (Lipinski definition) is 5. The lowest BCUT2D eigenvalue weighted by Gasteiger charge is -2.39. The molecule has 0 aromatic carbocycles. The van der Waals surface area contributed by atoms with Crippen molar-refractivity contribution in [2.24, 2.45) is 5.92 Å². The van der Waals surface area contributed by atoms with Gasteiger partial charge in [0.25, 0.3) is 0 Å². The van der Waals surface area contributed by atoms with Gasteiger partial charge in [-0.25, -0.2) is 9.97 Å². The molecule has 0 bridgehead atoms. The topological polar surface area (TPSA) is 58.0 Å². The number of rotatable bonds is 4. The first-order valence-electron chi connectivity index (χ1n) is 6.54. The standard InChI is InChI=1S/C13H20ClN3OS/c1-9-3-5-13(8-18,6-4-9)17-11-7-10(14)15-12(16-11)19-2/h7,9,18H,3-6,8H2,1-2H3,(H,15,16,17). The van der Waals surface area contributed by atoms with E-state index in [1.807, 2.05) is 6.26 Å². The van der Waals surface area contributed by atoms with E-state index in [9.17, 15) is 5.11 Å². The van der Waals surface area contributed by atoms with Gasteiger partial charge in [-0.3, -0.25) is 0 Å². The van der Waals surface area contributed by atoms with E-state index < -0.39 is 0 Å². The molecule has 1 aliphatic rings. The smallest absolute Gasteiger partial charge is 0.190 e. The molecule has 0 radical (unpaired) electrons. The van der Waals surface area contributed by atoms with Crippen LogP contribution in [0.5, 0.6) is 0 Å². The molecule has 1 aromatic heterocycles. The van der Waals surface area contributed by atoms with Crippen molar-refractivity contribution in [1.29, 1.82) is 0 Å². The Balaban J connectivity index is 2.16. The first-order chi connectivity index (χ1) is 9.07. The molecule has 106 valence electrons. The van der Waals surface area contributed by atoms with Gasteiger partial charge in [0, 0.05) is 6.07 Å². The maximum absolute atomic E-state index is 9.74. The third kappa shape index (κ3) is 3.74. The third-order valence-electron chi connectivity index (χ3n) is 3.78. The van der Waals surface area contributed by atoms with E-state index in [-0.39, 0.29) is 12.1 Å². The van der Waals surface area contributed by atoms with Gasteiger partial charge in [0.2, 0.25) is 0 Å². The van der Waals surface area contributed by atoms with Gasteiger partial charge >= 0.3 is 0 Å². The van der Waals surface area contributed by atoms with Crippen LogP contribution >= 0.6 is 23.4 Å². The van der Waals surface area contributed by atoms with Crippen LogP contribution in [0.15, 0.2) is 11.2 Å². The molecule has 1 aromatic rings. The van der Waals surface area contributed by atoms with Crippen LogP contribution in [-0.4, -0.2) is 33.5 Å². The Morgan fingerprint density at radius 3 is 2.74 bits per heavy atom. The van der Waals surface area contributed by atoms with Crippen LogP contribution in [-0.2, 0) is 0 Å². The van der Waals surface area contributed by atoms with Gasteiger partial charge in [0.1, 0.15) is 11.0 Å². The average Bonchev–Trinajstić information content (AvgIpc) is 2.41. The van der Waals surface area contributed by atoms with E-state index in [4.69, 9.17) is 11.6 Å². The molecule has 2 rings (SSSR count). The molecule has 2 N–H and O–H groups in total. The lowest BCUT2D eigenvalue weighted by Crippen LogP contribution is -2.45. The second-order valence-electron chi connectivity index (χ2n) is 5.31. The fourth-order valence-electron chi connectivity index (χ4n) is 2.46. The Morgan fingerprint density at radius 2 is 2.16 bits per heavy atom. The second kappa shape index (κ2) is 6.29. The monoisotopic (exact) mass is 301 g/mol. The first kappa shape index (κ1) is 14.9. The zero-order valence-corrected chi connectivity index (χ0v) is 12.9.